The predicted molar refractivity (Wildman–Crippen MR) is 95.5 cm³/mol. The van der Waals surface area contributed by atoms with Gasteiger partial charge in [-0.2, -0.15) is 7.95 Å². The van der Waals surface area contributed by atoms with Crippen molar-refractivity contribution in [3.05, 3.63) is 25.6 Å². The van der Waals surface area contributed by atoms with E-state index in [2.05, 4.69) is 27.3 Å². The van der Waals surface area contributed by atoms with E-state index in [0.29, 0.717) is 15.9 Å². The van der Waals surface area contributed by atoms with Crippen LogP contribution in [0.2, 0.25) is 0 Å². The SMILES string of the molecule is C=C[N+]1(OC)[SiH2][N+](C)(OC)[SiH2][N+](C=C)(OC)[SiH2][N+](C)(OC)[SiH2]1. The Morgan fingerprint density at radius 3 is 1.05 bits per heavy atom. The Balaban J connectivity index is 3.37. The van der Waals surface area contributed by atoms with Gasteiger partial charge in [0.05, 0.1) is 54.9 Å². The van der Waals surface area contributed by atoms with Crippen LogP contribution in [0.25, 0.3) is 0 Å². The summed E-state index contributed by atoms with van der Waals surface area (Å²) in [5.74, 6) is 0. The van der Waals surface area contributed by atoms with Crippen LogP contribution in [0.5, 0.6) is 0 Å². The topological polar surface area (TPSA) is 36.9 Å². The molecule has 1 rings (SSSR count). The molecular weight excluding hydrogens is 352 g/mol. The van der Waals surface area contributed by atoms with Crippen molar-refractivity contribution in [2.24, 2.45) is 0 Å². The van der Waals surface area contributed by atoms with Crippen molar-refractivity contribution in [1.29, 1.82) is 0 Å². The summed E-state index contributed by atoms with van der Waals surface area (Å²) < 4.78 is 2.30. The average Bonchev–Trinajstić information content (AvgIpc) is 2.52. The van der Waals surface area contributed by atoms with Crippen molar-refractivity contribution in [3.63, 3.8) is 0 Å². The van der Waals surface area contributed by atoms with E-state index in [1.165, 1.54) is 0 Å². The molecule has 128 valence electrons. The lowest BCUT2D eigenvalue weighted by atomic mass is 11.1. The van der Waals surface area contributed by atoms with Crippen LogP contribution in [-0.2, 0) is 19.4 Å². The molecule has 0 spiro atoms. The summed E-state index contributed by atoms with van der Waals surface area (Å²) in [4.78, 5) is 23.6. The molecule has 0 unspecified atom stereocenters. The molecule has 1 heterocycles. The Labute approximate surface area is 143 Å². The van der Waals surface area contributed by atoms with Crippen LogP contribution in [0.4, 0.5) is 0 Å². The standard InChI is InChI=1S/C10H32N4O4Si4/c1-9-13(17-7)19-11(3,15-5)21-14(10-2,18-8)22-12(4,16-6)20-13/h9-10H,1-2,19-22H2,3-8H3/q+4. The van der Waals surface area contributed by atoms with E-state index in [0.717, 1.165) is 0 Å². The van der Waals surface area contributed by atoms with Gasteiger partial charge in [0.25, 0.3) is 0 Å². The lowest BCUT2D eigenvalue weighted by Gasteiger charge is -2.47. The number of nitrogens with zero attached hydrogens (tertiary/aromatic N) is 4. The molecule has 0 amide bonds. The molecule has 0 aromatic rings. The molecule has 0 N–H and O–H groups in total. The summed E-state index contributed by atoms with van der Waals surface area (Å²) in [6.45, 7) is 8.07. The van der Waals surface area contributed by atoms with E-state index in [1.807, 2.05) is 12.4 Å². The Kier molecular flexibility index (Phi) is 6.65. The van der Waals surface area contributed by atoms with Crippen LogP contribution in [0.1, 0.15) is 0 Å². The molecule has 0 atom stereocenters. The van der Waals surface area contributed by atoms with E-state index in [9.17, 15) is 0 Å². The minimum Gasteiger partial charge on any atom is -0.236 e. The molecule has 1 fully saturated rings. The monoisotopic (exact) mass is 384 g/mol. The fraction of sp³-hybridized carbons (Fsp3) is 0.600. The second kappa shape index (κ2) is 7.28. The van der Waals surface area contributed by atoms with E-state index in [4.69, 9.17) is 19.4 Å². The fourth-order valence-corrected chi connectivity index (χ4v) is 22.4. The molecule has 22 heavy (non-hydrogen) atoms. The van der Waals surface area contributed by atoms with Gasteiger partial charge in [0.15, 0.2) is 0 Å². The molecular formula is C10H32N4O4Si4+4. The first-order valence-electron chi connectivity index (χ1n) is 7.12. The quantitative estimate of drug-likeness (QED) is 0.459. The summed E-state index contributed by atoms with van der Waals surface area (Å²) in [6, 6.07) is 0. The third-order valence-corrected chi connectivity index (χ3v) is 16.6. The van der Waals surface area contributed by atoms with Gasteiger partial charge < -0.3 is 0 Å². The van der Waals surface area contributed by atoms with Crippen LogP contribution in [0, 0.1) is 0 Å². The van der Waals surface area contributed by atoms with Crippen LogP contribution in [0.15, 0.2) is 25.6 Å². The molecule has 0 aromatic heterocycles. The summed E-state index contributed by atoms with van der Waals surface area (Å²) in [6.07, 6.45) is 3.87. The average molecular weight is 385 g/mol. The zero-order valence-corrected chi connectivity index (χ0v) is 20.5. The highest BCUT2D eigenvalue weighted by Crippen LogP contribution is 2.23. The van der Waals surface area contributed by atoms with Crippen LogP contribution >= 0.6 is 0 Å². The number of rotatable bonds is 6. The second-order valence-electron chi connectivity index (χ2n) is 6.16. The van der Waals surface area contributed by atoms with Gasteiger partial charge in [-0.3, -0.25) is 0 Å². The Bertz CT molecular complexity index is 378. The Hall–Kier alpha value is 0.0275. The van der Waals surface area contributed by atoms with Crippen molar-refractivity contribution < 1.29 is 35.3 Å². The summed E-state index contributed by atoms with van der Waals surface area (Å²) in [7, 11) is 7.89. The molecule has 0 radical (unpaired) electrons. The highest BCUT2D eigenvalue weighted by Gasteiger charge is 2.60. The zero-order chi connectivity index (χ0) is 17.1. The van der Waals surface area contributed by atoms with Gasteiger partial charge in [0.2, 0.25) is 0 Å². The molecule has 1 aliphatic rings. The van der Waals surface area contributed by atoms with Crippen molar-refractivity contribution in [2.75, 3.05) is 42.5 Å². The van der Waals surface area contributed by atoms with Crippen LogP contribution < -0.4 is 0 Å². The zero-order valence-electron chi connectivity index (χ0n) is 14.8. The number of hydrogen-bond acceptors (Lipinski definition) is 4. The second-order valence-corrected chi connectivity index (χ2v) is 20.5. The molecule has 0 aliphatic carbocycles. The lowest BCUT2D eigenvalue weighted by Crippen LogP contribution is -2.79. The Morgan fingerprint density at radius 2 is 0.909 bits per heavy atom. The van der Waals surface area contributed by atoms with Gasteiger partial charge in [-0.05, 0) is 13.2 Å². The van der Waals surface area contributed by atoms with E-state index < -0.39 is 39.4 Å². The summed E-state index contributed by atoms with van der Waals surface area (Å²) in [5, 5.41) is 0. The molecule has 0 aromatic carbocycles. The van der Waals surface area contributed by atoms with Gasteiger partial charge in [0, 0.05) is 0 Å². The molecule has 1 saturated heterocycles. The minimum absolute atomic E-state index is 0.537. The first-order valence-corrected chi connectivity index (χ1v) is 12.2. The minimum atomic E-state index is -0.870. The number of quaternary nitrogens is 4. The van der Waals surface area contributed by atoms with Crippen molar-refractivity contribution in [2.45, 2.75) is 0 Å². The van der Waals surface area contributed by atoms with Gasteiger partial charge in [0.1, 0.15) is 0 Å². The normalized spacial score (nSPS) is 47.5. The van der Waals surface area contributed by atoms with Gasteiger partial charge in [-0.25, -0.2) is 27.3 Å². The van der Waals surface area contributed by atoms with Crippen molar-refractivity contribution >= 4 is 39.4 Å². The third kappa shape index (κ3) is 4.11. The highest BCUT2D eigenvalue weighted by atomic mass is 28.4. The third-order valence-electron chi connectivity index (χ3n) is 4.43. The van der Waals surface area contributed by atoms with Crippen molar-refractivity contribution in [3.8, 4) is 0 Å². The molecule has 8 nitrogen and oxygen atoms in total. The summed E-state index contributed by atoms with van der Waals surface area (Å²) >= 11 is 0. The molecule has 12 heteroatoms. The maximum atomic E-state index is 5.92. The van der Waals surface area contributed by atoms with Crippen LogP contribution in [-0.4, -0.2) is 97.8 Å². The predicted octanol–water partition coefficient (Wildman–Crippen LogP) is -2.95. The number of hydroxylamine groups is 4. The maximum absolute atomic E-state index is 5.92. The largest absolute Gasteiger partial charge is 0.534 e. The number of hydrogen-bond donors (Lipinski definition) is 0. The molecule has 0 bridgehead atoms. The van der Waals surface area contributed by atoms with E-state index in [-0.39, 0.29) is 0 Å². The molecule has 0 saturated carbocycles. The van der Waals surface area contributed by atoms with Crippen LogP contribution in [0.3, 0.4) is 0 Å². The van der Waals surface area contributed by atoms with E-state index in [1.54, 1.807) is 28.4 Å². The highest BCUT2D eigenvalue weighted by molar-refractivity contribution is 6.46. The van der Waals surface area contributed by atoms with Gasteiger partial charge in [-0.1, -0.05) is 0 Å². The van der Waals surface area contributed by atoms with Gasteiger partial charge in [-0.15, -0.1) is 0 Å². The van der Waals surface area contributed by atoms with Crippen molar-refractivity contribution in [1.82, 2.24) is 0 Å². The first kappa shape index (κ1) is 20.1. The Morgan fingerprint density at radius 1 is 0.636 bits per heavy atom. The lowest BCUT2D eigenvalue weighted by molar-refractivity contribution is -1.09. The van der Waals surface area contributed by atoms with Gasteiger partial charge >= 0.3 is 39.4 Å². The maximum Gasteiger partial charge on any atom is 0.534 e. The van der Waals surface area contributed by atoms with E-state index >= 15 is 0 Å². The fourth-order valence-electron chi connectivity index (χ4n) is 3.05. The molecule has 1 aliphatic heterocycles. The first-order chi connectivity index (χ1) is 10.2. The smallest absolute Gasteiger partial charge is 0.236 e. The summed E-state index contributed by atoms with van der Waals surface area (Å²) in [5.41, 5.74) is 0.